The Kier molecular flexibility index (Phi) is 4.56. The van der Waals surface area contributed by atoms with Crippen molar-refractivity contribution in [2.45, 2.75) is 12.5 Å². The van der Waals surface area contributed by atoms with E-state index in [1.165, 1.54) is 12.1 Å². The average molecular weight is 324 g/mol. The topological polar surface area (TPSA) is 35.2 Å². The van der Waals surface area contributed by atoms with E-state index >= 15 is 0 Å². The van der Waals surface area contributed by atoms with Crippen molar-refractivity contribution >= 4 is 15.9 Å². The van der Waals surface area contributed by atoms with Gasteiger partial charge in [0.05, 0.1) is 7.11 Å². The van der Waals surface area contributed by atoms with Gasteiger partial charge in [-0.15, -0.1) is 0 Å². The van der Waals surface area contributed by atoms with Crippen molar-refractivity contribution in [2.75, 3.05) is 7.11 Å². The first kappa shape index (κ1) is 14.0. The third-order valence-corrected chi connectivity index (χ3v) is 3.47. The summed E-state index contributed by atoms with van der Waals surface area (Å²) in [5.41, 5.74) is 8.09. The molecule has 4 heteroatoms. The average Bonchev–Trinajstić information content (AvgIpc) is 2.39. The van der Waals surface area contributed by atoms with E-state index in [9.17, 15) is 4.39 Å². The molecule has 0 aliphatic heterocycles. The van der Waals surface area contributed by atoms with Gasteiger partial charge in [-0.25, -0.2) is 4.39 Å². The van der Waals surface area contributed by atoms with Crippen LogP contribution in [-0.2, 0) is 6.42 Å². The van der Waals surface area contributed by atoms with Crippen LogP contribution in [0.4, 0.5) is 4.39 Å². The van der Waals surface area contributed by atoms with Crippen LogP contribution in [0.25, 0.3) is 0 Å². The van der Waals surface area contributed by atoms with E-state index in [0.29, 0.717) is 6.42 Å². The van der Waals surface area contributed by atoms with E-state index < -0.39 is 0 Å². The van der Waals surface area contributed by atoms with Crippen molar-refractivity contribution in [1.29, 1.82) is 0 Å². The third-order valence-electron chi connectivity index (χ3n) is 2.98. The van der Waals surface area contributed by atoms with Gasteiger partial charge in [-0.3, -0.25) is 0 Å². The van der Waals surface area contributed by atoms with Crippen LogP contribution in [0.1, 0.15) is 17.2 Å². The Balaban J connectivity index is 2.20. The minimum Gasteiger partial charge on any atom is -0.496 e. The number of nitrogens with two attached hydrogens (primary N) is 1. The predicted octanol–water partition coefficient (Wildman–Crippen LogP) is 3.84. The summed E-state index contributed by atoms with van der Waals surface area (Å²) in [5, 5.41) is 0. The van der Waals surface area contributed by atoms with Crippen molar-refractivity contribution < 1.29 is 9.13 Å². The predicted molar refractivity (Wildman–Crippen MR) is 77.7 cm³/mol. The molecule has 2 nitrogen and oxygen atoms in total. The van der Waals surface area contributed by atoms with E-state index in [1.807, 2.05) is 18.2 Å². The molecule has 0 saturated carbocycles. The maximum absolute atomic E-state index is 12.9. The Bertz CT molecular complexity index is 557. The third kappa shape index (κ3) is 3.55. The first-order valence-corrected chi connectivity index (χ1v) is 6.73. The molecule has 0 heterocycles. The summed E-state index contributed by atoms with van der Waals surface area (Å²) in [6.07, 6.45) is 0.633. The van der Waals surface area contributed by atoms with Crippen LogP contribution in [0, 0.1) is 5.82 Å². The molecule has 0 spiro atoms. The molecule has 0 aromatic heterocycles. The van der Waals surface area contributed by atoms with Crippen molar-refractivity contribution in [1.82, 2.24) is 0 Å². The zero-order valence-corrected chi connectivity index (χ0v) is 12.2. The molecule has 0 aliphatic carbocycles. The summed E-state index contributed by atoms with van der Waals surface area (Å²) in [6.45, 7) is 0. The van der Waals surface area contributed by atoms with Gasteiger partial charge in [0.25, 0.3) is 0 Å². The van der Waals surface area contributed by atoms with Crippen LogP contribution < -0.4 is 10.5 Å². The summed E-state index contributed by atoms with van der Waals surface area (Å²) >= 11 is 3.44. The molecule has 2 aromatic rings. The van der Waals surface area contributed by atoms with Crippen LogP contribution in [-0.4, -0.2) is 7.11 Å². The highest BCUT2D eigenvalue weighted by molar-refractivity contribution is 9.10. The number of rotatable bonds is 4. The molecule has 19 heavy (non-hydrogen) atoms. The number of methoxy groups -OCH3 is 1. The van der Waals surface area contributed by atoms with Crippen LogP contribution in [0.15, 0.2) is 46.9 Å². The molecule has 0 bridgehead atoms. The van der Waals surface area contributed by atoms with E-state index in [1.54, 1.807) is 19.2 Å². The molecule has 0 aliphatic rings. The molecular formula is C15H15BrFNO. The monoisotopic (exact) mass is 323 g/mol. The summed E-state index contributed by atoms with van der Waals surface area (Å²) in [7, 11) is 1.64. The molecule has 2 N–H and O–H groups in total. The summed E-state index contributed by atoms with van der Waals surface area (Å²) < 4.78 is 19.2. The maximum Gasteiger partial charge on any atom is 0.123 e. The first-order chi connectivity index (χ1) is 9.10. The Hall–Kier alpha value is -1.39. The Morgan fingerprint density at radius 2 is 1.89 bits per heavy atom. The van der Waals surface area contributed by atoms with Crippen LogP contribution in [0.3, 0.4) is 0 Å². The first-order valence-electron chi connectivity index (χ1n) is 5.93. The lowest BCUT2D eigenvalue weighted by atomic mass is 9.99. The van der Waals surface area contributed by atoms with Crippen LogP contribution in [0.2, 0.25) is 0 Å². The number of halogens is 2. The minimum atomic E-state index is -0.254. The molecule has 2 aromatic carbocycles. The second-order valence-electron chi connectivity index (χ2n) is 4.32. The zero-order valence-electron chi connectivity index (χ0n) is 10.6. The van der Waals surface area contributed by atoms with Gasteiger partial charge in [0.1, 0.15) is 11.6 Å². The molecule has 100 valence electrons. The molecule has 2 rings (SSSR count). The van der Waals surface area contributed by atoms with Gasteiger partial charge >= 0.3 is 0 Å². The summed E-state index contributed by atoms with van der Waals surface area (Å²) in [4.78, 5) is 0. The molecule has 1 atom stereocenters. The second kappa shape index (κ2) is 6.17. The van der Waals surface area contributed by atoms with Crippen molar-refractivity contribution in [3.8, 4) is 5.75 Å². The van der Waals surface area contributed by atoms with Crippen LogP contribution >= 0.6 is 15.9 Å². The lowest BCUT2D eigenvalue weighted by Crippen LogP contribution is -2.13. The second-order valence-corrected chi connectivity index (χ2v) is 5.23. The van der Waals surface area contributed by atoms with Crippen molar-refractivity contribution in [3.05, 3.63) is 63.9 Å². The van der Waals surface area contributed by atoms with Crippen molar-refractivity contribution in [3.63, 3.8) is 0 Å². The number of hydrogen-bond donors (Lipinski definition) is 1. The standard InChI is InChI=1S/C15H15BrFNO/c1-19-15-7-4-12(16)8-11(15)9-14(18)10-2-5-13(17)6-3-10/h2-8,14H,9,18H2,1H3. The summed E-state index contributed by atoms with van der Waals surface area (Å²) in [5.74, 6) is 0.553. The lowest BCUT2D eigenvalue weighted by Gasteiger charge is -2.15. The van der Waals surface area contributed by atoms with Gasteiger partial charge in [0, 0.05) is 10.5 Å². The highest BCUT2D eigenvalue weighted by atomic mass is 79.9. The smallest absolute Gasteiger partial charge is 0.123 e. The number of benzene rings is 2. The lowest BCUT2D eigenvalue weighted by molar-refractivity contribution is 0.408. The van der Waals surface area contributed by atoms with E-state index in [0.717, 1.165) is 21.3 Å². The highest BCUT2D eigenvalue weighted by Gasteiger charge is 2.11. The molecule has 0 radical (unpaired) electrons. The Labute approximate surface area is 120 Å². The van der Waals surface area contributed by atoms with Gasteiger partial charge in [0.15, 0.2) is 0 Å². The van der Waals surface area contributed by atoms with Gasteiger partial charge in [-0.05, 0) is 47.9 Å². The molecule has 0 fully saturated rings. The van der Waals surface area contributed by atoms with Crippen LogP contribution in [0.5, 0.6) is 5.75 Å². The maximum atomic E-state index is 12.9. The van der Waals surface area contributed by atoms with E-state index in [2.05, 4.69) is 15.9 Å². The van der Waals surface area contributed by atoms with Gasteiger partial charge in [0.2, 0.25) is 0 Å². The molecule has 0 amide bonds. The Morgan fingerprint density at radius 3 is 2.53 bits per heavy atom. The van der Waals surface area contributed by atoms with E-state index in [-0.39, 0.29) is 11.9 Å². The van der Waals surface area contributed by atoms with Gasteiger partial charge < -0.3 is 10.5 Å². The van der Waals surface area contributed by atoms with Gasteiger partial charge in [-0.1, -0.05) is 28.1 Å². The molecule has 0 saturated heterocycles. The quantitative estimate of drug-likeness (QED) is 0.927. The van der Waals surface area contributed by atoms with Crippen molar-refractivity contribution in [2.24, 2.45) is 5.73 Å². The fraction of sp³-hybridized carbons (Fsp3) is 0.200. The molecular weight excluding hydrogens is 309 g/mol. The Morgan fingerprint density at radius 1 is 1.21 bits per heavy atom. The molecule has 1 unspecified atom stereocenters. The summed E-state index contributed by atoms with van der Waals surface area (Å²) in [6, 6.07) is 11.9. The van der Waals surface area contributed by atoms with E-state index in [4.69, 9.17) is 10.5 Å². The number of ether oxygens (including phenoxy) is 1. The fourth-order valence-corrected chi connectivity index (χ4v) is 2.38. The normalized spacial score (nSPS) is 12.2. The minimum absolute atomic E-state index is 0.191. The zero-order chi connectivity index (χ0) is 13.8. The largest absolute Gasteiger partial charge is 0.496 e. The fourth-order valence-electron chi connectivity index (χ4n) is 1.97. The SMILES string of the molecule is COc1ccc(Br)cc1CC(N)c1ccc(F)cc1. The number of hydrogen-bond acceptors (Lipinski definition) is 2. The highest BCUT2D eigenvalue weighted by Crippen LogP contribution is 2.27. The van der Waals surface area contributed by atoms with Gasteiger partial charge in [-0.2, -0.15) is 0 Å².